The van der Waals surface area contributed by atoms with Crippen LogP contribution >= 0.6 is 7.26 Å². The fourth-order valence-electron chi connectivity index (χ4n) is 5.05. The topological polar surface area (TPSA) is 34.1 Å². The van der Waals surface area contributed by atoms with Gasteiger partial charge in [-0.1, -0.05) is 0 Å². The van der Waals surface area contributed by atoms with Crippen LogP contribution in [0.2, 0.25) is 0 Å². The molecule has 5 aromatic carbocycles. The van der Waals surface area contributed by atoms with Gasteiger partial charge in [0.1, 0.15) is 0 Å². The molecule has 2 nitrogen and oxygen atoms in total. The van der Waals surface area contributed by atoms with E-state index >= 15 is 0 Å². The SMILES string of the molecule is O=S(=O)(Cc1ccccc1C[PH](c1ccccc1)(c1ccccc1)c1ccccc1)c1ccccc1. The van der Waals surface area contributed by atoms with Gasteiger partial charge in [0.05, 0.1) is 0 Å². The molecular formula is C32H29O2PS. The van der Waals surface area contributed by atoms with E-state index in [0.29, 0.717) is 4.90 Å². The molecule has 0 aliphatic carbocycles. The van der Waals surface area contributed by atoms with Crippen molar-refractivity contribution in [2.45, 2.75) is 16.8 Å². The zero-order valence-electron chi connectivity index (χ0n) is 20.0. The molecule has 0 unspecified atom stereocenters. The van der Waals surface area contributed by atoms with Gasteiger partial charge in [0.2, 0.25) is 0 Å². The first-order valence-corrected chi connectivity index (χ1v) is 16.0. The Morgan fingerprint density at radius 2 is 0.806 bits per heavy atom. The zero-order chi connectivity index (χ0) is 24.8. The third kappa shape index (κ3) is 4.91. The van der Waals surface area contributed by atoms with Crippen molar-refractivity contribution in [2.24, 2.45) is 0 Å². The van der Waals surface area contributed by atoms with Crippen LogP contribution in [0.5, 0.6) is 0 Å². The molecule has 0 bridgehead atoms. The first-order valence-electron chi connectivity index (χ1n) is 12.1. The van der Waals surface area contributed by atoms with Crippen molar-refractivity contribution < 1.29 is 8.42 Å². The van der Waals surface area contributed by atoms with E-state index in [1.807, 2.05) is 24.3 Å². The van der Waals surface area contributed by atoms with Crippen LogP contribution in [0.15, 0.2) is 150 Å². The van der Waals surface area contributed by atoms with Gasteiger partial charge in [-0.3, -0.25) is 0 Å². The summed E-state index contributed by atoms with van der Waals surface area (Å²) < 4.78 is 26.7. The third-order valence-corrected chi connectivity index (χ3v) is 13.4. The van der Waals surface area contributed by atoms with E-state index in [4.69, 9.17) is 0 Å². The van der Waals surface area contributed by atoms with E-state index in [-0.39, 0.29) is 5.75 Å². The first kappa shape index (κ1) is 24.2. The fourth-order valence-corrected chi connectivity index (χ4v) is 11.3. The van der Waals surface area contributed by atoms with E-state index in [1.165, 1.54) is 15.9 Å². The normalized spacial score (nSPS) is 12.2. The molecule has 5 aromatic rings. The fraction of sp³-hybridized carbons (Fsp3) is 0.0625. The number of hydrogen-bond donors (Lipinski definition) is 0. The summed E-state index contributed by atoms with van der Waals surface area (Å²) in [7, 11) is -6.02. The van der Waals surface area contributed by atoms with Gasteiger partial charge in [-0.05, 0) is 0 Å². The number of rotatable bonds is 8. The summed E-state index contributed by atoms with van der Waals surface area (Å²) >= 11 is 0. The second-order valence-corrected chi connectivity index (χ2v) is 14.9. The van der Waals surface area contributed by atoms with Crippen LogP contribution in [0.4, 0.5) is 0 Å². The van der Waals surface area contributed by atoms with Crippen molar-refractivity contribution in [3.05, 3.63) is 157 Å². The molecule has 36 heavy (non-hydrogen) atoms. The third-order valence-electron chi connectivity index (χ3n) is 6.82. The minimum atomic E-state index is -3.47. The number of sulfone groups is 1. The Bertz CT molecular complexity index is 1420. The van der Waals surface area contributed by atoms with Gasteiger partial charge in [-0.25, -0.2) is 0 Å². The van der Waals surface area contributed by atoms with Gasteiger partial charge in [-0.2, -0.15) is 0 Å². The van der Waals surface area contributed by atoms with E-state index < -0.39 is 17.1 Å². The van der Waals surface area contributed by atoms with Crippen LogP contribution < -0.4 is 15.9 Å². The van der Waals surface area contributed by atoms with Gasteiger partial charge in [-0.15, -0.1) is 0 Å². The van der Waals surface area contributed by atoms with Gasteiger partial charge >= 0.3 is 215 Å². The monoisotopic (exact) mass is 508 g/mol. The average molecular weight is 509 g/mol. The predicted molar refractivity (Wildman–Crippen MR) is 154 cm³/mol. The van der Waals surface area contributed by atoms with Gasteiger partial charge in [0, 0.05) is 0 Å². The second-order valence-electron chi connectivity index (χ2n) is 9.02. The van der Waals surface area contributed by atoms with Gasteiger partial charge < -0.3 is 0 Å². The summed E-state index contributed by atoms with van der Waals surface area (Å²) in [5.41, 5.74) is 1.95. The van der Waals surface area contributed by atoms with Gasteiger partial charge in [0.15, 0.2) is 0 Å². The molecule has 0 radical (unpaired) electrons. The summed E-state index contributed by atoms with van der Waals surface area (Å²) in [6, 6.07) is 49.0. The maximum absolute atomic E-state index is 13.3. The molecule has 180 valence electrons. The summed E-state index contributed by atoms with van der Waals surface area (Å²) in [5.74, 6) is -0.0178. The Balaban J connectivity index is 1.68. The first-order chi connectivity index (χ1) is 17.6. The van der Waals surface area contributed by atoms with Crippen molar-refractivity contribution in [2.75, 3.05) is 0 Å². The van der Waals surface area contributed by atoms with Crippen molar-refractivity contribution in [1.29, 1.82) is 0 Å². The van der Waals surface area contributed by atoms with Crippen LogP contribution in [-0.4, -0.2) is 8.42 Å². The van der Waals surface area contributed by atoms with E-state index in [9.17, 15) is 8.42 Å². The second kappa shape index (κ2) is 10.6. The predicted octanol–water partition coefficient (Wildman–Crippen LogP) is 5.89. The van der Waals surface area contributed by atoms with Gasteiger partial charge in [0.25, 0.3) is 0 Å². The van der Waals surface area contributed by atoms with E-state index in [2.05, 4.69) is 97.1 Å². The molecular weight excluding hydrogens is 479 g/mol. The van der Waals surface area contributed by atoms with E-state index in [1.54, 1.807) is 24.3 Å². The average Bonchev–Trinajstić information content (AvgIpc) is 2.94. The van der Waals surface area contributed by atoms with Crippen molar-refractivity contribution in [3.63, 3.8) is 0 Å². The molecule has 0 aliphatic rings. The number of benzene rings is 5. The Morgan fingerprint density at radius 1 is 0.444 bits per heavy atom. The quantitative estimate of drug-likeness (QED) is 0.245. The summed E-state index contributed by atoms with van der Waals surface area (Å²) in [6.45, 7) is 0. The summed E-state index contributed by atoms with van der Waals surface area (Å²) in [4.78, 5) is 0.359. The van der Waals surface area contributed by atoms with E-state index in [0.717, 1.165) is 17.3 Å². The molecule has 5 rings (SSSR count). The molecule has 0 N–H and O–H groups in total. The maximum atomic E-state index is 13.3. The Morgan fingerprint density at radius 3 is 1.25 bits per heavy atom. The van der Waals surface area contributed by atoms with Crippen LogP contribution in [0, 0.1) is 0 Å². The molecule has 0 aromatic heterocycles. The van der Waals surface area contributed by atoms with Crippen molar-refractivity contribution in [3.8, 4) is 0 Å². The Hall–Kier alpha value is -3.52. The van der Waals surface area contributed by atoms with Crippen molar-refractivity contribution >= 4 is 33.0 Å². The minimum absolute atomic E-state index is 0.0178. The molecule has 0 heterocycles. The summed E-state index contributed by atoms with van der Waals surface area (Å²) in [6.07, 6.45) is 0.769. The molecule has 0 amide bonds. The summed E-state index contributed by atoms with van der Waals surface area (Å²) in [5, 5.41) is 3.93. The molecule has 0 saturated carbocycles. The number of hydrogen-bond acceptors (Lipinski definition) is 2. The standard InChI is InChI=1S/C32H29O2PS/c33-36(34,32-23-11-4-12-24-32)26-28-16-14-13-15-27(28)25-35(29-17-5-1-6-18-29,30-19-7-2-8-20-30)31-21-9-3-10-22-31/h1-24,35H,25-26H2. The molecule has 0 atom stereocenters. The Kier molecular flexibility index (Phi) is 7.13. The molecule has 4 heteroatoms. The van der Waals surface area contributed by atoms with Crippen LogP contribution in [0.1, 0.15) is 11.1 Å². The van der Waals surface area contributed by atoms with Crippen LogP contribution in [-0.2, 0) is 21.8 Å². The van der Waals surface area contributed by atoms with Crippen molar-refractivity contribution in [1.82, 2.24) is 0 Å². The van der Waals surface area contributed by atoms with Crippen LogP contribution in [0.25, 0.3) is 0 Å². The zero-order valence-corrected chi connectivity index (χ0v) is 21.8. The molecule has 0 saturated heterocycles. The molecule has 0 fully saturated rings. The Labute approximate surface area is 214 Å². The molecule has 0 spiro atoms. The van der Waals surface area contributed by atoms with Crippen LogP contribution in [0.3, 0.4) is 0 Å². The molecule has 0 aliphatic heterocycles.